The highest BCUT2D eigenvalue weighted by Crippen LogP contribution is 1.81. The van der Waals surface area contributed by atoms with Gasteiger partial charge in [-0.05, 0) is 12.8 Å². The molecule has 1 heteroatoms. The van der Waals surface area contributed by atoms with Gasteiger partial charge < -0.3 is 4.79 Å². The van der Waals surface area contributed by atoms with Crippen molar-refractivity contribution in [3.63, 3.8) is 0 Å². The molecule has 0 aromatic carbocycles. The van der Waals surface area contributed by atoms with E-state index in [0.29, 0.717) is 6.42 Å². The van der Waals surface area contributed by atoms with E-state index < -0.39 is 0 Å². The monoisotopic (exact) mass is 160 g/mol. The van der Waals surface area contributed by atoms with Gasteiger partial charge in [0.25, 0.3) is 0 Å². The molecule has 0 aliphatic rings. The molecule has 11 heavy (non-hydrogen) atoms. The lowest BCUT2D eigenvalue weighted by molar-refractivity contribution is -0.116. The molecule has 0 saturated carbocycles. The quantitative estimate of drug-likeness (QED) is 0.572. The fraction of sp³-hybridized carbons (Fsp3) is 0.900. The zero-order chi connectivity index (χ0) is 9.86. The summed E-state index contributed by atoms with van der Waals surface area (Å²) in [7, 11) is 0. The molecule has 0 atom stereocenters. The van der Waals surface area contributed by atoms with Gasteiger partial charge in [-0.3, -0.25) is 0 Å². The Kier molecular flexibility index (Phi) is 25.2. The highest BCUT2D eigenvalue weighted by molar-refractivity contribution is 5.74. The molecule has 0 saturated heterocycles. The number of carbonyl (C=O) groups excluding carboxylic acids is 1. The standard InChI is InChI=1S/C4H8O.C4H10.C2H6/c1-3-4(2)5;1-4(2)3;1-2/h3H2,1-2H3;4H,1-3H3;1-2H3. The second kappa shape index (κ2) is 16.3. The Morgan fingerprint density at radius 1 is 1.18 bits per heavy atom. The number of hydrogen-bond acceptors (Lipinski definition) is 1. The van der Waals surface area contributed by atoms with Crippen molar-refractivity contribution in [3.05, 3.63) is 0 Å². The van der Waals surface area contributed by atoms with Crippen LogP contribution in [0.2, 0.25) is 0 Å². The van der Waals surface area contributed by atoms with Crippen molar-refractivity contribution in [2.45, 2.75) is 54.9 Å². The van der Waals surface area contributed by atoms with E-state index in [2.05, 4.69) is 20.8 Å². The van der Waals surface area contributed by atoms with Crippen molar-refractivity contribution in [1.82, 2.24) is 0 Å². The van der Waals surface area contributed by atoms with Crippen LogP contribution in [0.4, 0.5) is 0 Å². The molecule has 0 spiro atoms. The van der Waals surface area contributed by atoms with Gasteiger partial charge in [-0.1, -0.05) is 41.5 Å². The Morgan fingerprint density at radius 3 is 1.27 bits per heavy atom. The summed E-state index contributed by atoms with van der Waals surface area (Å²) in [6, 6.07) is 0. The van der Waals surface area contributed by atoms with Gasteiger partial charge in [0.15, 0.2) is 0 Å². The molecule has 0 bridgehead atoms. The Hall–Kier alpha value is -0.330. The first kappa shape index (κ1) is 17.0. The van der Waals surface area contributed by atoms with Crippen molar-refractivity contribution in [1.29, 1.82) is 0 Å². The summed E-state index contributed by atoms with van der Waals surface area (Å²) in [6.07, 6.45) is 0.667. The van der Waals surface area contributed by atoms with Crippen LogP contribution in [-0.4, -0.2) is 5.78 Å². The summed E-state index contributed by atoms with van der Waals surface area (Å²) in [5.74, 6) is 1.09. The third kappa shape index (κ3) is 204. The third-order valence-electron chi connectivity index (χ3n) is 0.498. The molecular weight excluding hydrogens is 136 g/mol. The molecule has 0 amide bonds. The van der Waals surface area contributed by atoms with Crippen LogP contribution < -0.4 is 0 Å². The van der Waals surface area contributed by atoms with E-state index in [4.69, 9.17) is 0 Å². The van der Waals surface area contributed by atoms with Crippen LogP contribution in [0.3, 0.4) is 0 Å². The van der Waals surface area contributed by atoms with Crippen LogP contribution >= 0.6 is 0 Å². The first-order valence-electron chi connectivity index (χ1n) is 4.50. The Morgan fingerprint density at radius 2 is 1.27 bits per heavy atom. The van der Waals surface area contributed by atoms with E-state index in [9.17, 15) is 4.79 Å². The zero-order valence-corrected chi connectivity index (χ0v) is 9.19. The average molecular weight is 160 g/mol. The fourth-order valence-corrected chi connectivity index (χ4v) is 0. The van der Waals surface area contributed by atoms with E-state index in [0.717, 1.165) is 5.92 Å². The fourth-order valence-electron chi connectivity index (χ4n) is 0. The van der Waals surface area contributed by atoms with Crippen molar-refractivity contribution in [2.24, 2.45) is 5.92 Å². The highest BCUT2D eigenvalue weighted by atomic mass is 16.1. The van der Waals surface area contributed by atoms with Gasteiger partial charge in [-0.15, -0.1) is 0 Å². The lowest BCUT2D eigenvalue weighted by Crippen LogP contribution is -1.80. The maximum absolute atomic E-state index is 9.81. The number of Topliss-reactive ketones (excluding diaryl/α,β-unsaturated/α-hetero) is 1. The van der Waals surface area contributed by atoms with Crippen molar-refractivity contribution in [3.8, 4) is 0 Å². The van der Waals surface area contributed by atoms with Gasteiger partial charge in [0.2, 0.25) is 0 Å². The highest BCUT2D eigenvalue weighted by Gasteiger charge is 1.76. The Bertz CT molecular complexity index is 62.5. The van der Waals surface area contributed by atoms with Crippen molar-refractivity contribution in [2.75, 3.05) is 0 Å². The molecule has 70 valence electrons. The van der Waals surface area contributed by atoms with Crippen molar-refractivity contribution >= 4 is 5.78 Å². The van der Waals surface area contributed by atoms with Crippen LogP contribution in [0.25, 0.3) is 0 Å². The summed E-state index contributed by atoms with van der Waals surface area (Å²) in [5, 5.41) is 0. The first-order valence-corrected chi connectivity index (χ1v) is 4.50. The maximum atomic E-state index is 9.81. The minimum absolute atomic E-state index is 0.255. The van der Waals surface area contributed by atoms with E-state index in [1.165, 1.54) is 0 Å². The normalized spacial score (nSPS) is 7.27. The summed E-state index contributed by atoms with van der Waals surface area (Å²) >= 11 is 0. The average Bonchev–Trinajstić information content (AvgIpc) is 1.91. The molecule has 0 aliphatic carbocycles. The van der Waals surface area contributed by atoms with E-state index in [1.54, 1.807) is 6.92 Å². The van der Waals surface area contributed by atoms with Crippen LogP contribution in [0, 0.1) is 5.92 Å². The van der Waals surface area contributed by atoms with Gasteiger partial charge >= 0.3 is 0 Å². The lowest BCUT2D eigenvalue weighted by Gasteiger charge is -1.79. The lowest BCUT2D eigenvalue weighted by atomic mass is 10.3. The molecule has 0 radical (unpaired) electrons. The maximum Gasteiger partial charge on any atom is 0.129 e. The molecular formula is C10H24O. The van der Waals surface area contributed by atoms with Gasteiger partial charge in [0, 0.05) is 6.42 Å². The van der Waals surface area contributed by atoms with Crippen LogP contribution in [-0.2, 0) is 4.79 Å². The van der Waals surface area contributed by atoms with Gasteiger partial charge in [-0.2, -0.15) is 0 Å². The third-order valence-corrected chi connectivity index (χ3v) is 0.498. The minimum atomic E-state index is 0.255. The van der Waals surface area contributed by atoms with E-state index >= 15 is 0 Å². The Labute approximate surface area is 72.2 Å². The molecule has 0 fully saturated rings. The van der Waals surface area contributed by atoms with Gasteiger partial charge in [0.1, 0.15) is 5.78 Å². The largest absolute Gasteiger partial charge is 0.300 e. The topological polar surface area (TPSA) is 17.1 Å². The van der Waals surface area contributed by atoms with Crippen LogP contribution in [0.1, 0.15) is 54.9 Å². The van der Waals surface area contributed by atoms with E-state index in [1.807, 2.05) is 20.8 Å². The second-order valence-electron chi connectivity index (χ2n) is 2.79. The number of rotatable bonds is 1. The second-order valence-corrected chi connectivity index (χ2v) is 2.79. The zero-order valence-electron chi connectivity index (χ0n) is 9.19. The van der Waals surface area contributed by atoms with Crippen LogP contribution in [0.15, 0.2) is 0 Å². The molecule has 0 rings (SSSR count). The minimum Gasteiger partial charge on any atom is -0.300 e. The SMILES string of the molecule is CC.CC(C)C.CCC(C)=O. The van der Waals surface area contributed by atoms with Gasteiger partial charge in [0.05, 0.1) is 0 Å². The Balaban J connectivity index is -0.0000000965. The predicted octanol–water partition coefficient (Wildman–Crippen LogP) is 3.67. The summed E-state index contributed by atoms with van der Waals surface area (Å²) in [4.78, 5) is 9.81. The molecule has 0 aromatic rings. The smallest absolute Gasteiger partial charge is 0.129 e. The predicted molar refractivity (Wildman–Crippen MR) is 52.8 cm³/mol. The van der Waals surface area contributed by atoms with Gasteiger partial charge in [-0.25, -0.2) is 0 Å². The summed E-state index contributed by atoms with van der Waals surface area (Å²) < 4.78 is 0. The van der Waals surface area contributed by atoms with Crippen molar-refractivity contribution < 1.29 is 4.79 Å². The molecule has 0 aliphatic heterocycles. The molecule has 0 N–H and O–H groups in total. The number of hydrogen-bond donors (Lipinski definition) is 0. The molecule has 0 heterocycles. The number of carbonyl (C=O) groups is 1. The summed E-state index contributed by atoms with van der Waals surface area (Å²) in [6.45, 7) is 13.9. The molecule has 0 unspecified atom stereocenters. The summed E-state index contributed by atoms with van der Waals surface area (Å²) in [5.41, 5.74) is 0. The van der Waals surface area contributed by atoms with Crippen LogP contribution in [0.5, 0.6) is 0 Å². The number of ketones is 1. The molecule has 0 aromatic heterocycles. The molecule has 1 nitrogen and oxygen atoms in total. The van der Waals surface area contributed by atoms with E-state index in [-0.39, 0.29) is 5.78 Å². The first-order chi connectivity index (χ1) is 5.00.